The maximum absolute atomic E-state index is 13.1. The van der Waals surface area contributed by atoms with E-state index < -0.39 is 97.5 Å². The number of carbonyl (C=O) groups is 4. The van der Waals surface area contributed by atoms with Crippen LogP contribution in [0.25, 0.3) is 0 Å². The maximum Gasteiger partial charge on any atom is 0.472 e. The predicted molar refractivity (Wildman–Crippen MR) is 414 cm³/mol. The first-order valence-corrected chi connectivity index (χ1v) is 45.8. The molecule has 2 unspecified atom stereocenters. The molecule has 0 aromatic heterocycles. The van der Waals surface area contributed by atoms with Crippen LogP contribution in [-0.2, 0) is 65.4 Å². The third-order valence-corrected chi connectivity index (χ3v) is 21.3. The minimum atomic E-state index is -4.96. The van der Waals surface area contributed by atoms with Crippen LogP contribution in [0.4, 0.5) is 0 Å². The number of esters is 4. The summed E-state index contributed by atoms with van der Waals surface area (Å²) in [4.78, 5) is 73.0. The van der Waals surface area contributed by atoms with E-state index in [4.69, 9.17) is 37.0 Å². The lowest BCUT2D eigenvalue weighted by atomic mass is 10.0. The Hall–Kier alpha value is -1.94. The average Bonchev–Trinajstić information content (AvgIpc) is 1.09. The lowest BCUT2D eigenvalue weighted by molar-refractivity contribution is -0.161. The van der Waals surface area contributed by atoms with Crippen molar-refractivity contribution < 1.29 is 80.2 Å². The van der Waals surface area contributed by atoms with Crippen molar-refractivity contribution in [3.05, 3.63) is 0 Å². The van der Waals surface area contributed by atoms with Crippen molar-refractivity contribution in [2.45, 2.75) is 463 Å². The molecular formula is C82H160O17P2. The molecule has 0 fully saturated rings. The van der Waals surface area contributed by atoms with Gasteiger partial charge in [-0.3, -0.25) is 37.3 Å². The second kappa shape index (κ2) is 76.3. The van der Waals surface area contributed by atoms with Crippen molar-refractivity contribution in [3.8, 4) is 0 Å². The Morgan fingerprint density at radius 3 is 0.584 bits per heavy atom. The Bertz CT molecular complexity index is 1910. The molecule has 0 heterocycles. The topological polar surface area (TPSA) is 237 Å². The number of unbranched alkanes of at least 4 members (excludes halogenated alkanes) is 57. The van der Waals surface area contributed by atoms with E-state index in [2.05, 4.69) is 27.7 Å². The van der Waals surface area contributed by atoms with E-state index in [-0.39, 0.29) is 25.7 Å². The van der Waals surface area contributed by atoms with Crippen molar-refractivity contribution >= 4 is 39.5 Å². The van der Waals surface area contributed by atoms with Crippen LogP contribution in [0.15, 0.2) is 0 Å². The molecular weight excluding hydrogens is 1320 g/mol. The lowest BCUT2D eigenvalue weighted by Crippen LogP contribution is -2.30. The van der Waals surface area contributed by atoms with Gasteiger partial charge < -0.3 is 33.8 Å². The molecule has 0 saturated carbocycles. The number of phosphoric ester groups is 2. The number of ether oxygens (including phenoxy) is 4. The van der Waals surface area contributed by atoms with E-state index in [1.165, 1.54) is 276 Å². The highest BCUT2D eigenvalue weighted by molar-refractivity contribution is 7.47. The molecule has 3 N–H and O–H groups in total. The molecule has 5 atom stereocenters. The molecule has 0 rings (SSSR count). The maximum atomic E-state index is 13.1. The largest absolute Gasteiger partial charge is 0.472 e. The van der Waals surface area contributed by atoms with Crippen molar-refractivity contribution in [1.29, 1.82) is 0 Å². The van der Waals surface area contributed by atoms with Crippen LogP contribution in [0, 0.1) is 0 Å². The molecule has 0 amide bonds. The van der Waals surface area contributed by atoms with Gasteiger partial charge in [-0.15, -0.1) is 0 Å². The Kier molecular flexibility index (Phi) is 74.8. The van der Waals surface area contributed by atoms with Gasteiger partial charge in [0.15, 0.2) is 12.2 Å². The molecule has 17 nitrogen and oxygen atoms in total. The number of carbonyl (C=O) groups excluding carboxylic acids is 4. The second-order valence-corrected chi connectivity index (χ2v) is 32.4. The van der Waals surface area contributed by atoms with Crippen LogP contribution in [0.5, 0.6) is 0 Å². The van der Waals surface area contributed by atoms with Crippen LogP contribution in [0.1, 0.15) is 445 Å². The Balaban J connectivity index is 5.19. The van der Waals surface area contributed by atoms with Crippen LogP contribution in [0.3, 0.4) is 0 Å². The summed E-state index contributed by atoms with van der Waals surface area (Å²) >= 11 is 0. The fourth-order valence-corrected chi connectivity index (χ4v) is 14.4. The third-order valence-electron chi connectivity index (χ3n) is 19.4. The number of aliphatic hydroxyl groups excluding tert-OH is 1. The van der Waals surface area contributed by atoms with E-state index >= 15 is 0 Å². The van der Waals surface area contributed by atoms with Crippen molar-refractivity contribution in [2.24, 2.45) is 0 Å². The number of phosphoric acid groups is 2. The van der Waals surface area contributed by atoms with Crippen molar-refractivity contribution in [1.82, 2.24) is 0 Å². The zero-order chi connectivity index (χ0) is 73.9. The van der Waals surface area contributed by atoms with E-state index in [0.29, 0.717) is 25.7 Å². The van der Waals surface area contributed by atoms with Gasteiger partial charge in [0, 0.05) is 25.7 Å². The number of aliphatic hydroxyl groups is 1. The van der Waals surface area contributed by atoms with Crippen molar-refractivity contribution in [2.75, 3.05) is 39.6 Å². The van der Waals surface area contributed by atoms with Gasteiger partial charge in [0.1, 0.15) is 19.3 Å². The Morgan fingerprint density at radius 1 is 0.238 bits per heavy atom. The third kappa shape index (κ3) is 76.1. The van der Waals surface area contributed by atoms with Gasteiger partial charge in [-0.05, 0) is 25.7 Å². The van der Waals surface area contributed by atoms with Crippen LogP contribution in [0.2, 0.25) is 0 Å². The van der Waals surface area contributed by atoms with Gasteiger partial charge in [0.25, 0.3) is 0 Å². The summed E-state index contributed by atoms with van der Waals surface area (Å²) in [6, 6.07) is 0. The first-order valence-electron chi connectivity index (χ1n) is 42.8. The summed E-state index contributed by atoms with van der Waals surface area (Å²) in [5, 5.41) is 10.6. The molecule has 0 spiro atoms. The Morgan fingerprint density at radius 2 is 0.396 bits per heavy atom. The molecule has 101 heavy (non-hydrogen) atoms. The summed E-state index contributed by atoms with van der Waals surface area (Å²) in [5.74, 6) is -2.10. The molecule has 0 radical (unpaired) electrons. The SMILES string of the molecule is CCCCCCCCCCCCCCCCCCCCCC(=O)O[C@H](COC(=O)CCCCCCCCCCCCCCCCCCC)COP(=O)(O)OC[C@@H](O)COP(=O)(O)OC[C@@H](COC(=O)CCCCCCCCCC)OC(=O)CCCCCCCCCCCCCCCCCCC. The van der Waals surface area contributed by atoms with E-state index in [1.54, 1.807) is 0 Å². The van der Waals surface area contributed by atoms with Gasteiger partial charge in [-0.25, -0.2) is 9.13 Å². The quantitative estimate of drug-likeness (QED) is 0.0222. The first kappa shape index (κ1) is 99.1. The average molecular weight is 1480 g/mol. The van der Waals surface area contributed by atoms with Gasteiger partial charge in [0.05, 0.1) is 26.4 Å². The smallest absolute Gasteiger partial charge is 0.462 e. The van der Waals surface area contributed by atoms with Gasteiger partial charge in [-0.1, -0.05) is 394 Å². The highest BCUT2D eigenvalue weighted by atomic mass is 31.2. The minimum absolute atomic E-state index is 0.109. The summed E-state index contributed by atoms with van der Waals surface area (Å²) in [6.07, 6.45) is 69.5. The molecule has 19 heteroatoms. The monoisotopic (exact) mass is 1480 g/mol. The molecule has 0 aliphatic carbocycles. The standard InChI is InChI=1S/C82H160O17P2/c1-5-9-13-17-21-25-28-31-34-37-38-41-44-47-50-53-57-61-65-69-82(87)99-78(73-93-80(85)67-63-59-55-51-48-45-42-39-35-32-29-26-22-18-14-10-6-2)75-97-101(90,91)95-71-76(83)70-94-100(88,89)96-74-77(72-92-79(84)66-62-58-54-24-20-16-12-8-4)98-81(86)68-64-60-56-52-49-46-43-40-36-33-30-27-23-19-15-11-7-3/h76-78,83H,5-75H2,1-4H3,(H,88,89)(H,90,91)/t76-,77+,78+/m0/s1. The molecule has 0 aliphatic heterocycles. The highest BCUT2D eigenvalue weighted by Crippen LogP contribution is 2.45. The summed E-state index contributed by atoms with van der Waals surface area (Å²) in [6.45, 7) is 5.01. The van der Waals surface area contributed by atoms with E-state index in [9.17, 15) is 43.2 Å². The van der Waals surface area contributed by atoms with Crippen LogP contribution < -0.4 is 0 Å². The molecule has 0 bridgehead atoms. The first-order chi connectivity index (χ1) is 49.2. The highest BCUT2D eigenvalue weighted by Gasteiger charge is 2.30. The fourth-order valence-electron chi connectivity index (χ4n) is 12.8. The molecule has 0 aromatic carbocycles. The summed E-state index contributed by atoms with van der Waals surface area (Å²) in [7, 11) is -9.92. The van der Waals surface area contributed by atoms with Crippen molar-refractivity contribution in [3.63, 3.8) is 0 Å². The van der Waals surface area contributed by atoms with Gasteiger partial charge in [0.2, 0.25) is 0 Å². The number of hydrogen-bond acceptors (Lipinski definition) is 15. The lowest BCUT2D eigenvalue weighted by Gasteiger charge is -2.21. The van der Waals surface area contributed by atoms with Gasteiger partial charge in [-0.2, -0.15) is 0 Å². The minimum Gasteiger partial charge on any atom is -0.462 e. The molecule has 600 valence electrons. The fraction of sp³-hybridized carbons (Fsp3) is 0.951. The van der Waals surface area contributed by atoms with E-state index in [0.717, 1.165) is 89.9 Å². The molecule has 0 saturated heterocycles. The Labute approximate surface area is 619 Å². The number of hydrogen-bond donors (Lipinski definition) is 3. The molecule has 0 aliphatic rings. The zero-order valence-corrected chi connectivity index (χ0v) is 67.7. The van der Waals surface area contributed by atoms with E-state index in [1.807, 2.05) is 0 Å². The molecule has 0 aromatic rings. The summed E-state index contributed by atoms with van der Waals surface area (Å²) in [5.41, 5.74) is 0. The number of rotatable bonds is 83. The van der Waals surface area contributed by atoms with Crippen LogP contribution >= 0.6 is 15.6 Å². The second-order valence-electron chi connectivity index (χ2n) is 29.5. The predicted octanol–water partition coefficient (Wildman–Crippen LogP) is 25.0. The van der Waals surface area contributed by atoms with Crippen LogP contribution in [-0.4, -0.2) is 96.7 Å². The normalized spacial score (nSPS) is 13.8. The summed E-state index contributed by atoms with van der Waals surface area (Å²) < 4.78 is 68.7. The van der Waals surface area contributed by atoms with Gasteiger partial charge >= 0.3 is 39.5 Å². The zero-order valence-electron chi connectivity index (χ0n) is 65.9.